The summed E-state index contributed by atoms with van der Waals surface area (Å²) < 4.78 is 121. The van der Waals surface area contributed by atoms with Gasteiger partial charge in [-0.3, -0.25) is 10.1 Å². The zero-order chi connectivity index (χ0) is 24.8. The van der Waals surface area contributed by atoms with Crippen LogP contribution in [0, 0.1) is 5.41 Å². The molecule has 0 atom stereocenters. The molecule has 2 aromatic carbocycles. The average Bonchev–Trinajstić information content (AvgIpc) is 2.94. The normalized spacial score (nSPS) is 17.8. The van der Waals surface area contributed by atoms with Crippen molar-refractivity contribution in [2.24, 2.45) is 0 Å². The minimum absolute atomic E-state index is 0.281. The maximum Gasteiger partial charge on any atom is 0.329 e. The minimum atomic E-state index is -4.48. The maximum atomic E-state index is 13.6. The highest BCUT2D eigenvalue weighted by Gasteiger charge is 2.63. The van der Waals surface area contributed by atoms with Crippen molar-refractivity contribution in [3.8, 4) is 0 Å². The number of hydrogen-bond acceptors (Lipinski definition) is 3. The van der Waals surface area contributed by atoms with Crippen LogP contribution in [0.5, 0.6) is 0 Å². The van der Waals surface area contributed by atoms with Gasteiger partial charge in [0.1, 0.15) is 5.84 Å². The summed E-state index contributed by atoms with van der Waals surface area (Å²) in [6, 6.07) is 6.58. The van der Waals surface area contributed by atoms with Gasteiger partial charge in [-0.25, -0.2) is 12.8 Å². The number of alkyl halides is 7. The number of anilines is 1. The van der Waals surface area contributed by atoms with Crippen molar-refractivity contribution in [3.63, 3.8) is 0 Å². The molecule has 0 radical (unpaired) electrons. The smallest absolute Gasteiger partial charge is 0.329 e. The van der Waals surface area contributed by atoms with E-state index in [1.165, 1.54) is 12.1 Å². The topological polar surface area (TPSA) is 73.3 Å². The van der Waals surface area contributed by atoms with E-state index in [0.29, 0.717) is 17.0 Å². The Morgan fingerprint density at radius 3 is 2.12 bits per heavy atom. The van der Waals surface area contributed by atoms with Gasteiger partial charge in [-0.2, -0.15) is 26.3 Å². The number of nitrogens with one attached hydrogen (secondary N) is 2. The first-order chi connectivity index (χ1) is 15.1. The third kappa shape index (κ3) is 4.74. The molecule has 180 valence electrons. The molecule has 1 aliphatic heterocycles. The molecular weight excluding hydrogens is 503 g/mol. The van der Waals surface area contributed by atoms with Gasteiger partial charge in [0.15, 0.2) is 6.67 Å². The Bertz CT molecular complexity index is 1160. The summed E-state index contributed by atoms with van der Waals surface area (Å²) >= 11 is 6.01. The zero-order valence-corrected chi connectivity index (χ0v) is 17.9. The van der Waals surface area contributed by atoms with Crippen LogP contribution < -0.4 is 4.72 Å². The van der Waals surface area contributed by atoms with Crippen molar-refractivity contribution in [2.75, 3.05) is 24.5 Å². The SMILES string of the molecule is N=C(c1c(Cl)cccc1NS(=O)(=O)c1ccc(C(F)(F)CF)cc1)N1CC(F)(F)C(F)(F)C1. The van der Waals surface area contributed by atoms with Crippen molar-refractivity contribution in [3.05, 3.63) is 58.6 Å². The van der Waals surface area contributed by atoms with Gasteiger partial charge in [-0.1, -0.05) is 29.8 Å². The predicted octanol–water partition coefficient (Wildman–Crippen LogP) is 5.11. The third-order valence-electron chi connectivity index (χ3n) is 4.88. The summed E-state index contributed by atoms with van der Waals surface area (Å²) in [5, 5.41) is 7.83. The molecule has 1 fully saturated rings. The number of benzene rings is 2. The van der Waals surface area contributed by atoms with E-state index in [2.05, 4.69) is 0 Å². The van der Waals surface area contributed by atoms with E-state index in [0.717, 1.165) is 18.2 Å². The Morgan fingerprint density at radius 2 is 1.61 bits per heavy atom. The first-order valence-electron chi connectivity index (χ1n) is 9.06. The fourth-order valence-electron chi connectivity index (χ4n) is 3.09. The second-order valence-electron chi connectivity index (χ2n) is 7.24. The standard InChI is InChI=1S/C19H15ClF7N3O2S/c20-13-2-1-3-14(15(13)16(28)30-9-18(24,25)19(26,27)10-30)29-33(31,32)12-6-4-11(5-7-12)17(22,23)8-21/h1-7,28-29H,8-10H2. The fourth-order valence-corrected chi connectivity index (χ4v) is 4.43. The Labute approximate surface area is 188 Å². The molecule has 33 heavy (non-hydrogen) atoms. The van der Waals surface area contributed by atoms with Crippen molar-refractivity contribution in [1.29, 1.82) is 5.41 Å². The molecule has 1 aliphatic rings. The fraction of sp³-hybridized carbons (Fsp3) is 0.316. The lowest BCUT2D eigenvalue weighted by atomic mass is 10.1. The molecule has 0 spiro atoms. The molecule has 0 bridgehead atoms. The van der Waals surface area contributed by atoms with Crippen LogP contribution in [0.1, 0.15) is 11.1 Å². The van der Waals surface area contributed by atoms with E-state index in [9.17, 15) is 39.2 Å². The monoisotopic (exact) mass is 517 g/mol. The van der Waals surface area contributed by atoms with Crippen LogP contribution in [-0.2, 0) is 15.9 Å². The summed E-state index contributed by atoms with van der Waals surface area (Å²) in [4.78, 5) is -0.148. The summed E-state index contributed by atoms with van der Waals surface area (Å²) in [7, 11) is -4.48. The lowest BCUT2D eigenvalue weighted by Crippen LogP contribution is -2.38. The molecule has 1 saturated heterocycles. The van der Waals surface area contributed by atoms with E-state index in [-0.39, 0.29) is 10.7 Å². The number of amidine groups is 1. The largest absolute Gasteiger partial charge is 0.344 e. The highest BCUT2D eigenvalue weighted by atomic mass is 35.5. The van der Waals surface area contributed by atoms with Crippen molar-refractivity contribution in [2.45, 2.75) is 22.7 Å². The van der Waals surface area contributed by atoms with Gasteiger partial charge in [0.2, 0.25) is 0 Å². The van der Waals surface area contributed by atoms with Crippen LogP contribution in [0.2, 0.25) is 5.02 Å². The van der Waals surface area contributed by atoms with Crippen LogP contribution in [0.4, 0.5) is 36.4 Å². The van der Waals surface area contributed by atoms with Crippen LogP contribution in [0.25, 0.3) is 0 Å². The highest BCUT2D eigenvalue weighted by Crippen LogP contribution is 2.42. The van der Waals surface area contributed by atoms with E-state index in [1.54, 1.807) is 0 Å². The Kier molecular flexibility index (Phi) is 6.35. The molecule has 0 aromatic heterocycles. The van der Waals surface area contributed by atoms with Crippen LogP contribution in [0.15, 0.2) is 47.4 Å². The molecule has 1 heterocycles. The molecule has 0 saturated carbocycles. The molecule has 0 aliphatic carbocycles. The van der Waals surface area contributed by atoms with E-state index >= 15 is 0 Å². The van der Waals surface area contributed by atoms with Gasteiger partial charge in [-0.15, -0.1) is 0 Å². The second-order valence-corrected chi connectivity index (χ2v) is 9.33. The molecule has 0 amide bonds. The summed E-state index contributed by atoms with van der Waals surface area (Å²) in [6.07, 6.45) is 0. The van der Waals surface area contributed by atoms with Crippen molar-refractivity contribution in [1.82, 2.24) is 4.90 Å². The number of sulfonamides is 1. The van der Waals surface area contributed by atoms with E-state index < -0.39 is 69.4 Å². The van der Waals surface area contributed by atoms with Gasteiger partial charge in [0, 0.05) is 5.56 Å². The molecule has 0 unspecified atom stereocenters. The predicted molar refractivity (Wildman–Crippen MR) is 107 cm³/mol. The van der Waals surface area contributed by atoms with Gasteiger partial charge >= 0.3 is 17.8 Å². The molecular formula is C19H15ClF7N3O2S. The Hall–Kier alpha value is -2.54. The Balaban J connectivity index is 1.93. The molecule has 2 N–H and O–H groups in total. The van der Waals surface area contributed by atoms with Crippen molar-refractivity contribution < 1.29 is 39.2 Å². The maximum absolute atomic E-state index is 13.6. The average molecular weight is 518 g/mol. The molecule has 2 aromatic rings. The van der Waals surface area contributed by atoms with Gasteiger partial charge in [0.25, 0.3) is 10.0 Å². The summed E-state index contributed by atoms with van der Waals surface area (Å²) in [5.74, 6) is -13.5. The van der Waals surface area contributed by atoms with Crippen LogP contribution in [0.3, 0.4) is 0 Å². The Morgan fingerprint density at radius 1 is 1.06 bits per heavy atom. The highest BCUT2D eigenvalue weighted by molar-refractivity contribution is 7.92. The van der Waals surface area contributed by atoms with Gasteiger partial charge in [0.05, 0.1) is 34.3 Å². The van der Waals surface area contributed by atoms with Crippen molar-refractivity contribution >= 4 is 33.1 Å². The number of hydrogen-bond donors (Lipinski definition) is 2. The summed E-state index contributed by atoms with van der Waals surface area (Å²) in [6.45, 7) is -4.96. The number of halogens is 8. The van der Waals surface area contributed by atoms with Gasteiger partial charge in [-0.05, 0) is 24.3 Å². The summed E-state index contributed by atoms with van der Waals surface area (Å²) in [5.41, 5.74) is -1.58. The minimum Gasteiger partial charge on any atom is -0.344 e. The first kappa shape index (κ1) is 25.1. The van der Waals surface area contributed by atoms with E-state index in [4.69, 9.17) is 17.0 Å². The number of nitrogens with zero attached hydrogens (tertiary/aromatic N) is 1. The zero-order valence-electron chi connectivity index (χ0n) is 16.4. The quantitative estimate of drug-likeness (QED) is 0.318. The molecule has 5 nitrogen and oxygen atoms in total. The van der Waals surface area contributed by atoms with Gasteiger partial charge < -0.3 is 4.90 Å². The molecule has 3 rings (SSSR count). The number of likely N-dealkylation sites (tertiary alicyclic amines) is 1. The number of rotatable bonds is 6. The second kappa shape index (κ2) is 8.35. The lowest BCUT2D eigenvalue weighted by Gasteiger charge is -2.22. The first-order valence-corrected chi connectivity index (χ1v) is 10.9. The molecule has 14 heteroatoms. The van der Waals surface area contributed by atoms with E-state index in [1.807, 2.05) is 4.72 Å². The third-order valence-corrected chi connectivity index (χ3v) is 6.58. The van der Waals surface area contributed by atoms with Crippen LogP contribution in [-0.4, -0.2) is 50.8 Å². The van der Waals surface area contributed by atoms with Crippen LogP contribution >= 0.6 is 11.6 Å². The lowest BCUT2D eigenvalue weighted by molar-refractivity contribution is -0.172.